The van der Waals surface area contributed by atoms with E-state index < -0.39 is 0 Å². The maximum atomic E-state index is 11.6. The van der Waals surface area contributed by atoms with Gasteiger partial charge in [-0.3, -0.25) is 9.79 Å². The molecule has 3 rings (SSSR count). The highest BCUT2D eigenvalue weighted by Gasteiger charge is 2.16. The van der Waals surface area contributed by atoms with Gasteiger partial charge in [0.1, 0.15) is 0 Å². The van der Waals surface area contributed by atoms with Crippen LogP contribution < -0.4 is 20.1 Å². The molecule has 7 heteroatoms. The van der Waals surface area contributed by atoms with Gasteiger partial charge in [0.2, 0.25) is 0 Å². The number of guanidine groups is 1. The fourth-order valence-corrected chi connectivity index (χ4v) is 3.62. The molecule has 1 aliphatic heterocycles. The summed E-state index contributed by atoms with van der Waals surface area (Å²) in [5, 5.41) is 6.14. The second kappa shape index (κ2) is 11.8. The zero-order valence-electron chi connectivity index (χ0n) is 19.1. The molecule has 170 valence electrons. The lowest BCUT2D eigenvalue weighted by Crippen LogP contribution is -2.43. The standard InChI is InChI=1S/C25H32N4O3/c1-4-27-24(30)18-32-22-11-10-19(16-23(22)31-3)17-28-25(26-2)29-14-12-21(13-15-29)20-8-6-5-7-9-20/h5-12,16H,4,13-15,17-18H2,1-3H3,(H,26,28)(H,27,30). The van der Waals surface area contributed by atoms with Crippen LogP contribution in [-0.4, -0.2) is 57.2 Å². The SMILES string of the molecule is CCNC(=O)COc1ccc(CNC(=NC)N2CC=C(c3ccccc3)CC2)cc1OC. The smallest absolute Gasteiger partial charge is 0.257 e. The van der Waals surface area contributed by atoms with Crippen molar-refractivity contribution in [2.45, 2.75) is 19.9 Å². The van der Waals surface area contributed by atoms with Crippen LogP contribution in [0.5, 0.6) is 11.5 Å². The van der Waals surface area contributed by atoms with Crippen molar-refractivity contribution in [3.8, 4) is 11.5 Å². The van der Waals surface area contributed by atoms with Gasteiger partial charge in [-0.1, -0.05) is 42.5 Å². The van der Waals surface area contributed by atoms with E-state index in [2.05, 4.69) is 50.9 Å². The second-order valence-corrected chi connectivity index (χ2v) is 7.42. The van der Waals surface area contributed by atoms with E-state index in [0.717, 1.165) is 31.0 Å². The molecule has 2 aromatic rings. The third-order valence-corrected chi connectivity index (χ3v) is 5.28. The van der Waals surface area contributed by atoms with E-state index in [-0.39, 0.29) is 12.5 Å². The molecule has 32 heavy (non-hydrogen) atoms. The predicted octanol–water partition coefficient (Wildman–Crippen LogP) is 3.07. The van der Waals surface area contributed by atoms with Gasteiger partial charge in [-0.25, -0.2) is 0 Å². The van der Waals surface area contributed by atoms with Gasteiger partial charge in [0.15, 0.2) is 24.1 Å². The summed E-state index contributed by atoms with van der Waals surface area (Å²) in [6.07, 6.45) is 3.26. The lowest BCUT2D eigenvalue weighted by molar-refractivity contribution is -0.123. The minimum atomic E-state index is -0.157. The summed E-state index contributed by atoms with van der Waals surface area (Å²) in [6.45, 7) is 4.74. The van der Waals surface area contributed by atoms with Crippen molar-refractivity contribution in [1.29, 1.82) is 0 Å². The molecule has 0 aromatic heterocycles. The van der Waals surface area contributed by atoms with Crippen molar-refractivity contribution in [3.05, 3.63) is 65.7 Å². The number of methoxy groups -OCH3 is 1. The predicted molar refractivity (Wildman–Crippen MR) is 128 cm³/mol. The Bertz CT molecular complexity index is 957. The summed E-state index contributed by atoms with van der Waals surface area (Å²) in [5.74, 6) is 1.84. The molecule has 7 nitrogen and oxygen atoms in total. The number of aliphatic imine (C=N–C) groups is 1. The van der Waals surface area contributed by atoms with Gasteiger partial charge in [-0.15, -0.1) is 0 Å². The Morgan fingerprint density at radius 2 is 1.94 bits per heavy atom. The molecule has 1 aliphatic rings. The van der Waals surface area contributed by atoms with Crippen LogP contribution in [-0.2, 0) is 11.3 Å². The van der Waals surface area contributed by atoms with Crippen molar-refractivity contribution in [2.24, 2.45) is 4.99 Å². The first-order chi connectivity index (χ1) is 15.6. The molecule has 0 radical (unpaired) electrons. The van der Waals surface area contributed by atoms with E-state index in [0.29, 0.717) is 24.6 Å². The third-order valence-electron chi connectivity index (χ3n) is 5.28. The first-order valence-corrected chi connectivity index (χ1v) is 10.9. The number of benzene rings is 2. The van der Waals surface area contributed by atoms with E-state index >= 15 is 0 Å². The zero-order valence-corrected chi connectivity index (χ0v) is 19.1. The number of carbonyl (C=O) groups is 1. The molecule has 0 saturated heterocycles. The highest BCUT2D eigenvalue weighted by molar-refractivity contribution is 5.81. The zero-order chi connectivity index (χ0) is 22.8. The molecular weight excluding hydrogens is 404 g/mol. The van der Waals surface area contributed by atoms with Gasteiger partial charge in [0, 0.05) is 33.2 Å². The Kier molecular flexibility index (Phi) is 8.54. The molecule has 0 aliphatic carbocycles. The van der Waals surface area contributed by atoms with Crippen molar-refractivity contribution >= 4 is 17.4 Å². The largest absolute Gasteiger partial charge is 0.493 e. The van der Waals surface area contributed by atoms with Crippen LogP contribution >= 0.6 is 0 Å². The fraction of sp³-hybridized carbons (Fsp3) is 0.360. The highest BCUT2D eigenvalue weighted by atomic mass is 16.5. The lowest BCUT2D eigenvalue weighted by Gasteiger charge is -2.30. The molecule has 0 fully saturated rings. The van der Waals surface area contributed by atoms with Gasteiger partial charge in [-0.05, 0) is 42.2 Å². The van der Waals surface area contributed by atoms with E-state index in [4.69, 9.17) is 9.47 Å². The summed E-state index contributed by atoms with van der Waals surface area (Å²) >= 11 is 0. The molecule has 0 unspecified atom stereocenters. The first-order valence-electron chi connectivity index (χ1n) is 10.9. The molecule has 1 amide bonds. The quantitative estimate of drug-likeness (QED) is 0.491. The van der Waals surface area contributed by atoms with Crippen LogP contribution in [0.4, 0.5) is 0 Å². The van der Waals surface area contributed by atoms with Crippen molar-refractivity contribution in [1.82, 2.24) is 15.5 Å². The summed E-state index contributed by atoms with van der Waals surface area (Å²) in [7, 11) is 3.40. The van der Waals surface area contributed by atoms with E-state index in [1.807, 2.05) is 31.2 Å². The maximum absolute atomic E-state index is 11.6. The van der Waals surface area contributed by atoms with Crippen LogP contribution in [0.2, 0.25) is 0 Å². The summed E-state index contributed by atoms with van der Waals surface area (Å²) in [6, 6.07) is 16.2. The van der Waals surface area contributed by atoms with Crippen LogP contribution in [0.3, 0.4) is 0 Å². The van der Waals surface area contributed by atoms with Crippen LogP contribution in [0.15, 0.2) is 59.6 Å². The molecule has 2 aromatic carbocycles. The number of hydrogen-bond acceptors (Lipinski definition) is 4. The minimum absolute atomic E-state index is 0.0398. The number of carbonyl (C=O) groups excluding carboxylic acids is 1. The average molecular weight is 437 g/mol. The van der Waals surface area contributed by atoms with E-state index in [1.165, 1.54) is 11.1 Å². The Morgan fingerprint density at radius 1 is 1.12 bits per heavy atom. The Balaban J connectivity index is 1.57. The molecule has 1 heterocycles. The Hall–Kier alpha value is -3.48. The third kappa shape index (κ3) is 6.26. The van der Waals surface area contributed by atoms with E-state index in [9.17, 15) is 4.79 Å². The van der Waals surface area contributed by atoms with Crippen LogP contribution in [0.25, 0.3) is 5.57 Å². The van der Waals surface area contributed by atoms with Crippen molar-refractivity contribution < 1.29 is 14.3 Å². The van der Waals surface area contributed by atoms with Gasteiger partial charge in [-0.2, -0.15) is 0 Å². The van der Waals surface area contributed by atoms with Gasteiger partial charge < -0.3 is 25.0 Å². The van der Waals surface area contributed by atoms with Crippen LogP contribution in [0.1, 0.15) is 24.5 Å². The highest BCUT2D eigenvalue weighted by Crippen LogP contribution is 2.28. The topological polar surface area (TPSA) is 75.2 Å². The molecule has 0 spiro atoms. The lowest BCUT2D eigenvalue weighted by atomic mass is 10.00. The average Bonchev–Trinajstić information content (AvgIpc) is 2.84. The maximum Gasteiger partial charge on any atom is 0.257 e. The number of hydrogen-bond donors (Lipinski definition) is 2. The Morgan fingerprint density at radius 3 is 2.59 bits per heavy atom. The van der Waals surface area contributed by atoms with Crippen LogP contribution in [0, 0.1) is 0 Å². The molecule has 2 N–H and O–H groups in total. The molecular formula is C25H32N4O3. The Labute approximate surface area is 190 Å². The van der Waals surface area contributed by atoms with Gasteiger partial charge >= 0.3 is 0 Å². The monoisotopic (exact) mass is 436 g/mol. The summed E-state index contributed by atoms with van der Waals surface area (Å²) in [4.78, 5) is 18.3. The fourth-order valence-electron chi connectivity index (χ4n) is 3.62. The molecule has 0 saturated carbocycles. The second-order valence-electron chi connectivity index (χ2n) is 7.42. The number of nitrogens with one attached hydrogen (secondary N) is 2. The van der Waals surface area contributed by atoms with Crippen molar-refractivity contribution in [2.75, 3.05) is 40.4 Å². The summed E-state index contributed by atoms with van der Waals surface area (Å²) < 4.78 is 11.0. The number of ether oxygens (including phenoxy) is 2. The number of rotatable bonds is 8. The van der Waals surface area contributed by atoms with E-state index in [1.54, 1.807) is 14.2 Å². The number of amides is 1. The normalized spacial score (nSPS) is 13.9. The first kappa shape index (κ1) is 23.2. The minimum Gasteiger partial charge on any atom is -0.493 e. The van der Waals surface area contributed by atoms with Gasteiger partial charge in [0.05, 0.1) is 7.11 Å². The number of likely N-dealkylation sites (N-methyl/N-ethyl adjacent to an activating group) is 1. The molecule has 0 atom stereocenters. The number of nitrogens with zero attached hydrogens (tertiary/aromatic N) is 2. The summed E-state index contributed by atoms with van der Waals surface area (Å²) in [5.41, 5.74) is 3.70. The van der Waals surface area contributed by atoms with Gasteiger partial charge in [0.25, 0.3) is 5.91 Å². The van der Waals surface area contributed by atoms with Crippen molar-refractivity contribution in [3.63, 3.8) is 0 Å². The molecule has 0 bridgehead atoms.